The summed E-state index contributed by atoms with van der Waals surface area (Å²) in [5.74, 6) is 1.13. The van der Waals surface area contributed by atoms with Gasteiger partial charge in [-0.25, -0.2) is 4.98 Å². The Balaban J connectivity index is 2.01. The number of aryl methyl sites for hydroxylation is 1. The lowest BCUT2D eigenvalue weighted by molar-refractivity contribution is 0.476. The SMILES string of the molecule is Cc1ccc2c(c1)nc(-c1ccc(Br)cc1O)n2C1CC1. The molecule has 4 rings (SSSR count). The molecule has 1 N–H and O–H groups in total. The zero-order valence-electron chi connectivity index (χ0n) is 11.7. The number of fused-ring (bicyclic) bond motifs is 1. The molecule has 4 heteroatoms. The van der Waals surface area contributed by atoms with Gasteiger partial charge in [0.2, 0.25) is 0 Å². The van der Waals surface area contributed by atoms with Gasteiger partial charge in [0.25, 0.3) is 0 Å². The molecule has 2 aromatic carbocycles. The van der Waals surface area contributed by atoms with Crippen LogP contribution in [0.25, 0.3) is 22.4 Å². The van der Waals surface area contributed by atoms with E-state index < -0.39 is 0 Å². The Bertz CT molecular complexity index is 849. The van der Waals surface area contributed by atoms with Crippen LogP contribution in [-0.4, -0.2) is 14.7 Å². The van der Waals surface area contributed by atoms with Gasteiger partial charge < -0.3 is 9.67 Å². The second kappa shape index (κ2) is 4.60. The van der Waals surface area contributed by atoms with Gasteiger partial charge in [0, 0.05) is 10.5 Å². The van der Waals surface area contributed by atoms with Crippen LogP contribution in [0.1, 0.15) is 24.4 Å². The molecule has 1 aliphatic rings. The van der Waals surface area contributed by atoms with Crippen LogP contribution in [0.4, 0.5) is 0 Å². The van der Waals surface area contributed by atoms with Gasteiger partial charge in [-0.05, 0) is 55.7 Å². The Morgan fingerprint density at radius 2 is 2.00 bits per heavy atom. The zero-order chi connectivity index (χ0) is 14.6. The largest absolute Gasteiger partial charge is 0.507 e. The minimum atomic E-state index is 0.262. The van der Waals surface area contributed by atoms with Gasteiger partial charge in [-0.2, -0.15) is 0 Å². The summed E-state index contributed by atoms with van der Waals surface area (Å²) in [6, 6.07) is 12.5. The predicted molar refractivity (Wildman–Crippen MR) is 87.5 cm³/mol. The quantitative estimate of drug-likeness (QED) is 0.725. The van der Waals surface area contributed by atoms with Gasteiger partial charge in [-0.3, -0.25) is 0 Å². The molecular weight excluding hydrogens is 328 g/mol. The number of hydrogen-bond acceptors (Lipinski definition) is 2. The van der Waals surface area contributed by atoms with Crippen LogP contribution in [-0.2, 0) is 0 Å². The summed E-state index contributed by atoms with van der Waals surface area (Å²) in [6.07, 6.45) is 2.37. The molecule has 0 spiro atoms. The van der Waals surface area contributed by atoms with E-state index in [1.165, 1.54) is 18.4 Å². The van der Waals surface area contributed by atoms with E-state index in [1.807, 2.05) is 12.1 Å². The first-order valence-electron chi connectivity index (χ1n) is 7.11. The summed E-state index contributed by atoms with van der Waals surface area (Å²) in [5, 5.41) is 10.3. The van der Waals surface area contributed by atoms with Crippen molar-refractivity contribution in [2.75, 3.05) is 0 Å². The molecule has 0 radical (unpaired) electrons. The van der Waals surface area contributed by atoms with E-state index in [-0.39, 0.29) is 5.75 Å². The maximum Gasteiger partial charge on any atom is 0.145 e. The second-order valence-electron chi connectivity index (χ2n) is 5.69. The summed E-state index contributed by atoms with van der Waals surface area (Å²) in [4.78, 5) is 4.78. The average Bonchev–Trinajstić information content (AvgIpc) is 3.20. The predicted octanol–water partition coefficient (Wildman–Crippen LogP) is 4.81. The number of benzene rings is 2. The summed E-state index contributed by atoms with van der Waals surface area (Å²) < 4.78 is 3.14. The van der Waals surface area contributed by atoms with Gasteiger partial charge in [0.15, 0.2) is 0 Å². The third-order valence-corrected chi connectivity index (χ3v) is 4.45. The fraction of sp³-hybridized carbons (Fsp3) is 0.235. The van der Waals surface area contributed by atoms with Crippen molar-refractivity contribution < 1.29 is 5.11 Å². The molecule has 21 heavy (non-hydrogen) atoms. The van der Waals surface area contributed by atoms with E-state index in [2.05, 4.69) is 45.6 Å². The lowest BCUT2D eigenvalue weighted by Crippen LogP contribution is -1.97. The number of phenolic OH excluding ortho intramolecular Hbond substituents is 1. The molecule has 0 aliphatic heterocycles. The Kier molecular flexibility index (Phi) is 2.82. The zero-order valence-corrected chi connectivity index (χ0v) is 13.3. The standard InChI is InChI=1S/C17H15BrN2O/c1-10-2-7-15-14(8-10)19-17(20(15)12-4-5-12)13-6-3-11(18)9-16(13)21/h2-3,6-9,12,21H,4-5H2,1H3. The minimum absolute atomic E-state index is 0.262. The fourth-order valence-corrected chi connectivity index (χ4v) is 3.14. The van der Waals surface area contributed by atoms with Crippen LogP contribution in [0.15, 0.2) is 40.9 Å². The first kappa shape index (κ1) is 12.9. The van der Waals surface area contributed by atoms with E-state index in [4.69, 9.17) is 4.98 Å². The smallest absolute Gasteiger partial charge is 0.145 e. The average molecular weight is 343 g/mol. The molecule has 0 bridgehead atoms. The highest BCUT2D eigenvalue weighted by atomic mass is 79.9. The van der Waals surface area contributed by atoms with Crippen LogP contribution in [0.5, 0.6) is 5.75 Å². The van der Waals surface area contributed by atoms with Gasteiger partial charge in [0.05, 0.1) is 16.6 Å². The monoisotopic (exact) mass is 342 g/mol. The Hall–Kier alpha value is -1.81. The van der Waals surface area contributed by atoms with Crippen molar-refractivity contribution in [1.82, 2.24) is 9.55 Å². The first-order chi connectivity index (χ1) is 10.1. The van der Waals surface area contributed by atoms with Crippen molar-refractivity contribution in [1.29, 1.82) is 0 Å². The molecule has 0 amide bonds. The molecule has 0 atom stereocenters. The van der Waals surface area contributed by atoms with E-state index in [9.17, 15) is 5.11 Å². The molecule has 3 aromatic rings. The number of rotatable bonds is 2. The van der Waals surface area contributed by atoms with E-state index >= 15 is 0 Å². The van der Waals surface area contributed by atoms with Crippen molar-refractivity contribution in [2.45, 2.75) is 25.8 Å². The normalized spacial score (nSPS) is 14.8. The van der Waals surface area contributed by atoms with Crippen molar-refractivity contribution in [2.24, 2.45) is 0 Å². The minimum Gasteiger partial charge on any atom is -0.507 e. The van der Waals surface area contributed by atoms with Gasteiger partial charge in [0.1, 0.15) is 11.6 Å². The maximum atomic E-state index is 10.3. The highest BCUT2D eigenvalue weighted by Crippen LogP contribution is 2.43. The lowest BCUT2D eigenvalue weighted by Gasteiger charge is -2.09. The summed E-state index contributed by atoms with van der Waals surface area (Å²) in [5.41, 5.74) is 4.15. The van der Waals surface area contributed by atoms with Crippen LogP contribution < -0.4 is 0 Å². The van der Waals surface area contributed by atoms with E-state index in [0.29, 0.717) is 6.04 Å². The Morgan fingerprint density at radius 3 is 2.71 bits per heavy atom. The topological polar surface area (TPSA) is 38.1 Å². The van der Waals surface area contributed by atoms with Crippen LogP contribution in [0.3, 0.4) is 0 Å². The number of hydrogen-bond donors (Lipinski definition) is 1. The van der Waals surface area contributed by atoms with Crippen molar-refractivity contribution in [3.63, 3.8) is 0 Å². The van der Waals surface area contributed by atoms with Crippen LogP contribution in [0.2, 0.25) is 0 Å². The number of aromatic nitrogens is 2. The molecule has 1 aromatic heterocycles. The summed E-state index contributed by atoms with van der Waals surface area (Å²) in [6.45, 7) is 2.08. The highest BCUT2D eigenvalue weighted by molar-refractivity contribution is 9.10. The number of phenols is 1. The number of aromatic hydroxyl groups is 1. The molecular formula is C17H15BrN2O. The van der Waals surface area contributed by atoms with Gasteiger partial charge in [-0.15, -0.1) is 0 Å². The van der Waals surface area contributed by atoms with E-state index in [0.717, 1.165) is 26.9 Å². The summed E-state index contributed by atoms with van der Waals surface area (Å²) >= 11 is 3.39. The molecule has 0 saturated heterocycles. The fourth-order valence-electron chi connectivity index (χ4n) is 2.80. The van der Waals surface area contributed by atoms with Crippen molar-refractivity contribution >= 4 is 27.0 Å². The number of nitrogens with zero attached hydrogens (tertiary/aromatic N) is 2. The summed E-state index contributed by atoms with van der Waals surface area (Å²) in [7, 11) is 0. The van der Waals surface area contributed by atoms with Gasteiger partial charge >= 0.3 is 0 Å². The van der Waals surface area contributed by atoms with Crippen LogP contribution in [0, 0.1) is 6.92 Å². The third kappa shape index (κ3) is 2.14. The third-order valence-electron chi connectivity index (χ3n) is 3.96. The van der Waals surface area contributed by atoms with Gasteiger partial charge in [-0.1, -0.05) is 22.0 Å². The van der Waals surface area contributed by atoms with Crippen LogP contribution >= 0.6 is 15.9 Å². The second-order valence-corrected chi connectivity index (χ2v) is 6.61. The maximum absolute atomic E-state index is 10.3. The molecule has 1 heterocycles. The number of imidazole rings is 1. The Morgan fingerprint density at radius 1 is 1.19 bits per heavy atom. The number of halogens is 1. The van der Waals surface area contributed by atoms with E-state index in [1.54, 1.807) is 6.07 Å². The molecule has 106 valence electrons. The Labute approximate surface area is 131 Å². The molecule has 0 unspecified atom stereocenters. The molecule has 3 nitrogen and oxygen atoms in total. The molecule has 1 fully saturated rings. The molecule has 1 saturated carbocycles. The van der Waals surface area contributed by atoms with Crippen molar-refractivity contribution in [3.8, 4) is 17.1 Å². The lowest BCUT2D eigenvalue weighted by atomic mass is 10.2. The molecule has 1 aliphatic carbocycles. The first-order valence-corrected chi connectivity index (χ1v) is 7.90. The van der Waals surface area contributed by atoms with Crippen molar-refractivity contribution in [3.05, 3.63) is 46.4 Å². The highest BCUT2D eigenvalue weighted by Gasteiger charge is 2.29.